The van der Waals surface area contributed by atoms with E-state index in [1.54, 1.807) is 11.3 Å². The van der Waals surface area contributed by atoms with Crippen LogP contribution in [-0.4, -0.2) is 47.6 Å². The highest BCUT2D eigenvalue weighted by Gasteiger charge is 2.25. The van der Waals surface area contributed by atoms with Crippen LogP contribution in [0.25, 0.3) is 10.2 Å². The Balaban J connectivity index is 2.05. The van der Waals surface area contributed by atoms with Gasteiger partial charge in [-0.15, -0.1) is 11.3 Å². The molecule has 0 aliphatic carbocycles. The van der Waals surface area contributed by atoms with E-state index in [0.717, 1.165) is 35.7 Å². The summed E-state index contributed by atoms with van der Waals surface area (Å²) in [6.07, 6.45) is 0. The maximum absolute atomic E-state index is 5.47. The number of nitrogens with two attached hydrogens (primary N) is 1. The first kappa shape index (κ1) is 12.6. The molecule has 102 valence electrons. The van der Waals surface area contributed by atoms with Crippen LogP contribution in [0.1, 0.15) is 6.92 Å². The largest absolute Gasteiger partial charge is 0.351 e. The lowest BCUT2D eigenvalue weighted by Crippen LogP contribution is -2.51. The third-order valence-corrected chi connectivity index (χ3v) is 4.34. The molecule has 3 rings (SSSR count). The summed E-state index contributed by atoms with van der Waals surface area (Å²) in [5.41, 5.74) is 2.56. The summed E-state index contributed by atoms with van der Waals surface area (Å²) in [7, 11) is 2.15. The van der Waals surface area contributed by atoms with Crippen molar-refractivity contribution in [1.82, 2.24) is 14.9 Å². The fourth-order valence-electron chi connectivity index (χ4n) is 2.58. The Morgan fingerprint density at radius 2 is 2.26 bits per heavy atom. The van der Waals surface area contributed by atoms with Crippen molar-refractivity contribution in [3.8, 4) is 0 Å². The van der Waals surface area contributed by atoms with E-state index in [1.807, 2.05) is 5.38 Å². The maximum Gasteiger partial charge on any atom is 0.240 e. The van der Waals surface area contributed by atoms with Crippen LogP contribution in [0.15, 0.2) is 11.4 Å². The number of rotatable bonds is 2. The predicted octanol–water partition coefficient (Wildman–Crippen LogP) is 1.12. The van der Waals surface area contributed by atoms with E-state index in [2.05, 4.69) is 45.2 Å². The second kappa shape index (κ2) is 4.92. The van der Waals surface area contributed by atoms with Crippen molar-refractivity contribution in [3.05, 3.63) is 11.4 Å². The van der Waals surface area contributed by atoms with Crippen LogP contribution in [-0.2, 0) is 0 Å². The molecule has 1 aliphatic heterocycles. The smallest absolute Gasteiger partial charge is 0.240 e. The number of piperazine rings is 1. The summed E-state index contributed by atoms with van der Waals surface area (Å²) < 4.78 is 0. The minimum atomic E-state index is 0.433. The van der Waals surface area contributed by atoms with Crippen LogP contribution in [0.4, 0.5) is 11.8 Å². The molecule has 0 saturated carbocycles. The molecular formula is C12H18N6S. The van der Waals surface area contributed by atoms with Crippen molar-refractivity contribution in [2.45, 2.75) is 13.0 Å². The quantitative estimate of drug-likeness (QED) is 0.633. The number of aromatic nitrogens is 2. The summed E-state index contributed by atoms with van der Waals surface area (Å²) in [4.78, 5) is 14.6. The summed E-state index contributed by atoms with van der Waals surface area (Å²) >= 11 is 1.61. The van der Waals surface area contributed by atoms with Crippen molar-refractivity contribution in [2.24, 2.45) is 5.84 Å². The minimum absolute atomic E-state index is 0.433. The molecule has 3 N–H and O–H groups in total. The first-order chi connectivity index (χ1) is 9.19. The average Bonchev–Trinajstić information content (AvgIpc) is 2.86. The fraction of sp³-hybridized carbons (Fsp3) is 0.500. The van der Waals surface area contributed by atoms with E-state index in [1.165, 1.54) is 0 Å². The normalized spacial score (nSPS) is 21.0. The number of fused-ring (bicyclic) bond motifs is 1. The minimum Gasteiger partial charge on any atom is -0.351 e. The van der Waals surface area contributed by atoms with Gasteiger partial charge in [0.15, 0.2) is 0 Å². The number of nitrogens with zero attached hydrogens (tertiary/aromatic N) is 4. The molecule has 2 aromatic rings. The van der Waals surface area contributed by atoms with Gasteiger partial charge in [-0.3, -0.25) is 5.43 Å². The van der Waals surface area contributed by atoms with Crippen LogP contribution in [0.5, 0.6) is 0 Å². The summed E-state index contributed by atoms with van der Waals surface area (Å²) in [6, 6.07) is 2.52. The molecule has 1 fully saturated rings. The summed E-state index contributed by atoms with van der Waals surface area (Å²) in [6.45, 7) is 5.29. The molecule has 19 heavy (non-hydrogen) atoms. The number of anilines is 2. The standard InChI is InChI=1S/C12H18N6S/c1-8-7-17(2)4-5-18(8)10-9-3-6-19-11(9)15-12(14-10)16-13/h3,6,8H,4-5,7,13H2,1-2H3,(H,14,15,16). The Morgan fingerprint density at radius 3 is 3.00 bits per heavy atom. The highest BCUT2D eigenvalue weighted by molar-refractivity contribution is 7.16. The molecule has 6 nitrogen and oxygen atoms in total. The van der Waals surface area contributed by atoms with E-state index < -0.39 is 0 Å². The number of nitrogen functional groups attached to an aromatic ring is 1. The molecule has 3 heterocycles. The van der Waals surface area contributed by atoms with Crippen LogP contribution < -0.4 is 16.2 Å². The van der Waals surface area contributed by atoms with E-state index in [-0.39, 0.29) is 0 Å². The monoisotopic (exact) mass is 278 g/mol. The zero-order valence-electron chi connectivity index (χ0n) is 11.1. The second-order valence-corrected chi connectivity index (χ2v) is 5.85. The first-order valence-corrected chi connectivity index (χ1v) is 7.24. The highest BCUT2D eigenvalue weighted by atomic mass is 32.1. The zero-order chi connectivity index (χ0) is 13.4. The second-order valence-electron chi connectivity index (χ2n) is 4.96. The van der Waals surface area contributed by atoms with Crippen LogP contribution in [0.2, 0.25) is 0 Å². The zero-order valence-corrected chi connectivity index (χ0v) is 11.9. The highest BCUT2D eigenvalue weighted by Crippen LogP contribution is 2.30. The Kier molecular flexibility index (Phi) is 3.26. The molecule has 0 spiro atoms. The van der Waals surface area contributed by atoms with Gasteiger partial charge >= 0.3 is 0 Å². The molecule has 1 saturated heterocycles. The van der Waals surface area contributed by atoms with Gasteiger partial charge in [-0.05, 0) is 25.4 Å². The van der Waals surface area contributed by atoms with Gasteiger partial charge < -0.3 is 9.80 Å². The lowest BCUT2D eigenvalue weighted by atomic mass is 10.2. The number of hydrogen-bond donors (Lipinski definition) is 2. The first-order valence-electron chi connectivity index (χ1n) is 6.36. The van der Waals surface area contributed by atoms with Crippen molar-refractivity contribution in [3.63, 3.8) is 0 Å². The number of likely N-dealkylation sites (N-methyl/N-ethyl adjacent to an activating group) is 1. The van der Waals surface area contributed by atoms with Gasteiger partial charge in [0.2, 0.25) is 5.95 Å². The molecule has 2 aromatic heterocycles. The number of nitrogens with one attached hydrogen (secondary N) is 1. The van der Waals surface area contributed by atoms with Gasteiger partial charge in [0, 0.05) is 25.7 Å². The molecular weight excluding hydrogens is 260 g/mol. The number of hydrogen-bond acceptors (Lipinski definition) is 7. The Hall–Kier alpha value is -1.44. The van der Waals surface area contributed by atoms with E-state index in [9.17, 15) is 0 Å². The topological polar surface area (TPSA) is 70.3 Å². The Morgan fingerprint density at radius 1 is 1.42 bits per heavy atom. The van der Waals surface area contributed by atoms with Gasteiger partial charge in [0.05, 0.1) is 5.39 Å². The third-order valence-electron chi connectivity index (χ3n) is 3.54. The molecule has 0 bridgehead atoms. The Labute approximate surface area is 116 Å². The third kappa shape index (κ3) is 2.24. The van der Waals surface area contributed by atoms with Crippen LogP contribution in [0, 0.1) is 0 Å². The molecule has 1 unspecified atom stereocenters. The van der Waals surface area contributed by atoms with Crippen molar-refractivity contribution < 1.29 is 0 Å². The van der Waals surface area contributed by atoms with E-state index in [0.29, 0.717) is 12.0 Å². The number of thiophene rings is 1. The Bertz CT molecular complexity index is 583. The molecule has 7 heteroatoms. The summed E-state index contributed by atoms with van der Waals surface area (Å²) in [5.74, 6) is 6.94. The summed E-state index contributed by atoms with van der Waals surface area (Å²) in [5, 5.41) is 3.16. The van der Waals surface area contributed by atoms with Gasteiger partial charge in [0.25, 0.3) is 0 Å². The molecule has 1 aliphatic rings. The van der Waals surface area contributed by atoms with Crippen molar-refractivity contribution >= 4 is 33.3 Å². The lowest BCUT2D eigenvalue weighted by molar-refractivity contribution is 0.275. The molecule has 0 amide bonds. The maximum atomic E-state index is 5.47. The van der Waals surface area contributed by atoms with Gasteiger partial charge in [0.1, 0.15) is 10.6 Å². The molecule has 0 aromatic carbocycles. The lowest BCUT2D eigenvalue weighted by Gasteiger charge is -2.39. The average molecular weight is 278 g/mol. The number of hydrazine groups is 1. The van der Waals surface area contributed by atoms with Crippen LogP contribution in [0.3, 0.4) is 0 Å². The SMILES string of the molecule is CC1CN(C)CCN1c1nc(NN)nc2sccc12. The predicted molar refractivity (Wildman–Crippen MR) is 79.5 cm³/mol. The van der Waals surface area contributed by atoms with Crippen molar-refractivity contribution in [1.29, 1.82) is 0 Å². The fourth-order valence-corrected chi connectivity index (χ4v) is 3.34. The van der Waals surface area contributed by atoms with Gasteiger partial charge in [-0.25, -0.2) is 10.8 Å². The van der Waals surface area contributed by atoms with Crippen LogP contribution >= 0.6 is 11.3 Å². The van der Waals surface area contributed by atoms with Gasteiger partial charge in [-0.2, -0.15) is 4.98 Å². The molecule has 1 atom stereocenters. The molecule has 0 radical (unpaired) electrons. The van der Waals surface area contributed by atoms with Gasteiger partial charge in [-0.1, -0.05) is 0 Å². The van der Waals surface area contributed by atoms with Crippen molar-refractivity contribution in [2.75, 3.05) is 37.0 Å². The van der Waals surface area contributed by atoms with E-state index >= 15 is 0 Å². The van der Waals surface area contributed by atoms with E-state index in [4.69, 9.17) is 5.84 Å².